The molecule has 0 radical (unpaired) electrons. The van der Waals surface area contributed by atoms with Gasteiger partial charge in [-0.25, -0.2) is 4.39 Å². The second kappa shape index (κ2) is 7.47. The fraction of sp³-hybridized carbons (Fsp3) is 0.389. The van der Waals surface area contributed by atoms with Crippen LogP contribution in [-0.2, 0) is 4.74 Å². The first kappa shape index (κ1) is 16.5. The third-order valence-electron chi connectivity index (χ3n) is 4.19. The number of rotatable bonds is 5. The lowest BCUT2D eigenvalue weighted by Crippen LogP contribution is -2.41. The van der Waals surface area contributed by atoms with Crippen LogP contribution < -0.4 is 5.32 Å². The number of ether oxygens (including phenoxy) is 1. The zero-order valence-electron chi connectivity index (χ0n) is 13.6. The van der Waals surface area contributed by atoms with E-state index in [1.165, 1.54) is 6.07 Å². The van der Waals surface area contributed by atoms with Crippen molar-refractivity contribution in [1.82, 2.24) is 4.90 Å². The molecule has 2 aromatic rings. The molecule has 0 spiro atoms. The number of halogens is 1. The third kappa shape index (κ3) is 3.58. The molecule has 1 N–H and O–H groups in total. The first-order valence-electron chi connectivity index (χ1n) is 7.99. The van der Waals surface area contributed by atoms with E-state index in [4.69, 9.17) is 14.4 Å². The molecule has 126 valence electrons. The molecular formula is C18H20FN3O2. The molecule has 0 bridgehead atoms. The van der Waals surface area contributed by atoms with Gasteiger partial charge in [-0.1, -0.05) is 6.07 Å². The molecular weight excluding hydrogens is 309 g/mol. The molecule has 5 nitrogen and oxygen atoms in total. The summed E-state index contributed by atoms with van der Waals surface area (Å²) in [5.41, 5.74) is 0.535. The van der Waals surface area contributed by atoms with Crippen LogP contribution in [0.25, 0.3) is 0 Å². The predicted molar refractivity (Wildman–Crippen MR) is 88.2 cm³/mol. The van der Waals surface area contributed by atoms with Crippen molar-refractivity contribution in [3.63, 3.8) is 0 Å². The summed E-state index contributed by atoms with van der Waals surface area (Å²) in [6.45, 7) is 5.40. The minimum atomic E-state index is -0.515. The smallest absolute Gasteiger partial charge is 0.143 e. The van der Waals surface area contributed by atoms with Gasteiger partial charge in [0.25, 0.3) is 0 Å². The summed E-state index contributed by atoms with van der Waals surface area (Å²) in [7, 11) is 0. The minimum absolute atomic E-state index is 0.00240. The number of morpholine rings is 1. The maximum atomic E-state index is 13.7. The van der Waals surface area contributed by atoms with E-state index >= 15 is 0 Å². The summed E-state index contributed by atoms with van der Waals surface area (Å²) < 4.78 is 25.0. The zero-order chi connectivity index (χ0) is 16.9. The molecule has 0 amide bonds. The van der Waals surface area contributed by atoms with Gasteiger partial charge in [-0.2, -0.15) is 5.26 Å². The van der Waals surface area contributed by atoms with Gasteiger partial charge in [0.2, 0.25) is 0 Å². The van der Waals surface area contributed by atoms with E-state index in [1.54, 1.807) is 12.1 Å². The van der Waals surface area contributed by atoms with Crippen molar-refractivity contribution in [3.8, 4) is 6.07 Å². The van der Waals surface area contributed by atoms with Gasteiger partial charge >= 0.3 is 0 Å². The first-order chi connectivity index (χ1) is 11.7. The summed E-state index contributed by atoms with van der Waals surface area (Å²) in [5.74, 6) is 1.20. The van der Waals surface area contributed by atoms with E-state index in [9.17, 15) is 4.39 Å². The van der Waals surface area contributed by atoms with Crippen LogP contribution in [-0.4, -0.2) is 37.7 Å². The lowest BCUT2D eigenvalue weighted by molar-refractivity contribution is 0.0143. The Kier molecular flexibility index (Phi) is 5.14. The van der Waals surface area contributed by atoms with Crippen molar-refractivity contribution in [1.29, 1.82) is 5.26 Å². The molecule has 3 rings (SSSR count). The van der Waals surface area contributed by atoms with Crippen LogP contribution in [0.5, 0.6) is 0 Å². The van der Waals surface area contributed by atoms with Crippen LogP contribution in [0.1, 0.15) is 23.1 Å². The largest absolute Gasteiger partial charge is 0.465 e. The summed E-state index contributed by atoms with van der Waals surface area (Å²) >= 11 is 0. The molecule has 1 fully saturated rings. The summed E-state index contributed by atoms with van der Waals surface area (Å²) in [6.07, 6.45) is 0. The second-order valence-corrected chi connectivity index (χ2v) is 5.77. The normalized spacial score (nSPS) is 16.5. The Morgan fingerprint density at radius 2 is 2.08 bits per heavy atom. The average Bonchev–Trinajstić information content (AvgIpc) is 3.02. The predicted octanol–water partition coefficient (Wildman–Crippen LogP) is 3.08. The van der Waals surface area contributed by atoms with Crippen LogP contribution >= 0.6 is 0 Å². The minimum Gasteiger partial charge on any atom is -0.465 e. The second-order valence-electron chi connectivity index (χ2n) is 5.77. The highest BCUT2D eigenvalue weighted by Crippen LogP contribution is 2.26. The van der Waals surface area contributed by atoms with Gasteiger partial charge in [0.1, 0.15) is 29.0 Å². The zero-order valence-corrected chi connectivity index (χ0v) is 13.6. The average molecular weight is 329 g/mol. The molecule has 1 saturated heterocycles. The number of furan rings is 1. The summed E-state index contributed by atoms with van der Waals surface area (Å²) in [6, 6.07) is 10.4. The van der Waals surface area contributed by atoms with Crippen LogP contribution in [0, 0.1) is 24.1 Å². The highest BCUT2D eigenvalue weighted by Gasteiger charge is 2.25. The van der Waals surface area contributed by atoms with E-state index in [-0.39, 0.29) is 11.6 Å². The Labute approximate surface area is 140 Å². The number of benzene rings is 1. The Morgan fingerprint density at radius 1 is 1.29 bits per heavy atom. The Morgan fingerprint density at radius 3 is 2.75 bits per heavy atom. The Bertz CT molecular complexity index is 732. The monoisotopic (exact) mass is 329 g/mol. The molecule has 6 heteroatoms. The van der Waals surface area contributed by atoms with E-state index < -0.39 is 5.82 Å². The maximum Gasteiger partial charge on any atom is 0.143 e. The number of aryl methyl sites for hydroxylation is 1. The van der Waals surface area contributed by atoms with Gasteiger partial charge in [0, 0.05) is 19.6 Å². The van der Waals surface area contributed by atoms with E-state index in [0.717, 1.165) is 24.6 Å². The Balaban J connectivity index is 1.80. The van der Waals surface area contributed by atoms with Crippen LogP contribution in [0.3, 0.4) is 0 Å². The topological polar surface area (TPSA) is 61.4 Å². The summed E-state index contributed by atoms with van der Waals surface area (Å²) in [4.78, 5) is 2.28. The van der Waals surface area contributed by atoms with Crippen molar-refractivity contribution in [3.05, 3.63) is 53.2 Å². The third-order valence-corrected chi connectivity index (χ3v) is 4.19. The fourth-order valence-corrected chi connectivity index (χ4v) is 2.92. The number of nitrogens with one attached hydrogen (secondary N) is 1. The van der Waals surface area contributed by atoms with Gasteiger partial charge in [-0.3, -0.25) is 4.90 Å². The molecule has 2 heterocycles. The number of hydrogen-bond donors (Lipinski definition) is 1. The lowest BCUT2D eigenvalue weighted by atomic mass is 10.1. The van der Waals surface area contributed by atoms with Crippen molar-refractivity contribution >= 4 is 5.69 Å². The molecule has 0 saturated carbocycles. The lowest BCUT2D eigenvalue weighted by Gasteiger charge is -2.33. The highest BCUT2D eigenvalue weighted by molar-refractivity contribution is 5.58. The highest BCUT2D eigenvalue weighted by atomic mass is 19.1. The van der Waals surface area contributed by atoms with Crippen molar-refractivity contribution in [2.24, 2.45) is 0 Å². The molecule has 0 aliphatic carbocycles. The van der Waals surface area contributed by atoms with E-state index in [2.05, 4.69) is 10.2 Å². The van der Waals surface area contributed by atoms with Gasteiger partial charge in [-0.05, 0) is 31.2 Å². The number of nitrogens with zero attached hydrogens (tertiary/aromatic N) is 2. The van der Waals surface area contributed by atoms with Gasteiger partial charge < -0.3 is 14.5 Å². The number of nitriles is 1. The van der Waals surface area contributed by atoms with Crippen LogP contribution in [0.4, 0.5) is 10.1 Å². The Hall–Kier alpha value is -2.36. The quantitative estimate of drug-likeness (QED) is 0.913. The van der Waals surface area contributed by atoms with Crippen LogP contribution in [0.15, 0.2) is 34.7 Å². The fourth-order valence-electron chi connectivity index (χ4n) is 2.92. The van der Waals surface area contributed by atoms with E-state index in [0.29, 0.717) is 25.4 Å². The molecule has 1 atom stereocenters. The molecule has 1 aliphatic rings. The van der Waals surface area contributed by atoms with Gasteiger partial charge in [-0.15, -0.1) is 0 Å². The standard InChI is InChI=1S/C18H20FN3O2/c1-13-5-6-18(24-13)17(22-7-9-23-10-8-22)12-21-16-4-2-3-15(19)14(16)11-20/h2-6,17,21H,7-10,12H2,1H3/t17-/m0/s1. The summed E-state index contributed by atoms with van der Waals surface area (Å²) in [5, 5.41) is 12.4. The molecule has 24 heavy (non-hydrogen) atoms. The number of anilines is 1. The first-order valence-corrected chi connectivity index (χ1v) is 7.99. The van der Waals surface area contributed by atoms with Gasteiger partial charge in [0.15, 0.2) is 0 Å². The SMILES string of the molecule is Cc1ccc([C@H](CNc2cccc(F)c2C#N)N2CCOCC2)o1. The van der Waals surface area contributed by atoms with Crippen molar-refractivity contribution in [2.75, 3.05) is 38.2 Å². The van der Waals surface area contributed by atoms with Gasteiger partial charge in [0.05, 0.1) is 24.9 Å². The molecule has 1 aliphatic heterocycles. The molecule has 1 aromatic heterocycles. The van der Waals surface area contributed by atoms with Crippen molar-refractivity contribution in [2.45, 2.75) is 13.0 Å². The van der Waals surface area contributed by atoms with Crippen LogP contribution in [0.2, 0.25) is 0 Å². The maximum absolute atomic E-state index is 13.7. The van der Waals surface area contributed by atoms with Crippen molar-refractivity contribution < 1.29 is 13.5 Å². The molecule has 1 aromatic carbocycles. The number of hydrogen-bond acceptors (Lipinski definition) is 5. The van der Waals surface area contributed by atoms with E-state index in [1.807, 2.05) is 25.1 Å². The molecule has 0 unspecified atom stereocenters.